The van der Waals surface area contributed by atoms with E-state index in [-0.39, 0.29) is 21.1 Å². The maximum Gasteiger partial charge on any atom is 0.416 e. The summed E-state index contributed by atoms with van der Waals surface area (Å²) in [6.45, 7) is -0.131. The number of amidine groups is 1. The highest BCUT2D eigenvalue weighted by molar-refractivity contribution is 9.10. The summed E-state index contributed by atoms with van der Waals surface area (Å²) in [5.41, 5.74) is 0.612. The number of hydrogen-bond acceptors (Lipinski definition) is 7. The summed E-state index contributed by atoms with van der Waals surface area (Å²) in [7, 11) is -2.69. The van der Waals surface area contributed by atoms with E-state index in [1.54, 1.807) is 36.4 Å². The van der Waals surface area contributed by atoms with E-state index in [9.17, 15) is 21.6 Å². The molecule has 0 saturated heterocycles. The number of nitrogens with one attached hydrogen (secondary N) is 1. The van der Waals surface area contributed by atoms with Crippen LogP contribution in [0.5, 0.6) is 5.75 Å². The molecule has 13 heteroatoms. The van der Waals surface area contributed by atoms with Crippen molar-refractivity contribution in [2.75, 3.05) is 7.11 Å². The van der Waals surface area contributed by atoms with Gasteiger partial charge in [0.2, 0.25) is 0 Å². The first-order valence-corrected chi connectivity index (χ1v) is 13.9. The molecule has 198 valence electrons. The Morgan fingerprint density at radius 3 is 2.42 bits per heavy atom. The summed E-state index contributed by atoms with van der Waals surface area (Å²) in [5, 5.41) is 14.4. The van der Waals surface area contributed by atoms with Gasteiger partial charge in [0, 0.05) is 21.6 Å². The molecule has 3 aromatic carbocycles. The van der Waals surface area contributed by atoms with Crippen molar-refractivity contribution in [3.63, 3.8) is 0 Å². The van der Waals surface area contributed by atoms with E-state index in [0.29, 0.717) is 45.3 Å². The first-order valence-electron chi connectivity index (χ1n) is 10.8. The van der Waals surface area contributed by atoms with E-state index in [0.717, 1.165) is 16.4 Å². The van der Waals surface area contributed by atoms with E-state index < -0.39 is 21.8 Å². The molecule has 1 aromatic heterocycles. The number of benzene rings is 3. The molecule has 0 bridgehead atoms. The molecular weight excluding hydrogens is 605 g/mol. The maximum absolute atomic E-state index is 13.6. The van der Waals surface area contributed by atoms with Gasteiger partial charge in [-0.25, -0.2) is 12.7 Å². The van der Waals surface area contributed by atoms with Crippen molar-refractivity contribution in [2.45, 2.75) is 17.6 Å². The van der Waals surface area contributed by atoms with Gasteiger partial charge in [0.15, 0.2) is 5.17 Å². The van der Waals surface area contributed by atoms with Gasteiger partial charge in [0.25, 0.3) is 10.0 Å². The molecule has 1 heterocycles. The van der Waals surface area contributed by atoms with Crippen LogP contribution in [0.3, 0.4) is 0 Å². The lowest BCUT2D eigenvalue weighted by Crippen LogP contribution is -2.35. The van der Waals surface area contributed by atoms with Gasteiger partial charge in [-0.15, -0.1) is 0 Å². The molecule has 0 fully saturated rings. The van der Waals surface area contributed by atoms with Gasteiger partial charge in [-0.2, -0.15) is 13.2 Å². The SMILES string of the molecule is COc1ccc(CN(C(=N)SN)S(=O)(=O)c2ccc3c(-c4ccc(C(F)(F)F)cc4Br)nccc3c2)cc1. The minimum atomic E-state index is -4.50. The van der Waals surface area contributed by atoms with Crippen LogP contribution in [0, 0.1) is 5.41 Å². The fourth-order valence-electron chi connectivity index (χ4n) is 3.76. The fourth-order valence-corrected chi connectivity index (χ4v) is 6.24. The monoisotopic (exact) mass is 624 g/mol. The number of sulfonamides is 1. The second-order valence-electron chi connectivity index (χ2n) is 8.02. The molecule has 0 atom stereocenters. The maximum atomic E-state index is 13.6. The van der Waals surface area contributed by atoms with Crippen molar-refractivity contribution in [2.24, 2.45) is 5.14 Å². The van der Waals surface area contributed by atoms with Crippen LogP contribution in [0.4, 0.5) is 13.2 Å². The van der Waals surface area contributed by atoms with Crippen molar-refractivity contribution >= 4 is 53.8 Å². The zero-order chi connectivity index (χ0) is 27.7. The van der Waals surface area contributed by atoms with E-state index in [1.807, 2.05) is 0 Å². The van der Waals surface area contributed by atoms with Crippen LogP contribution >= 0.6 is 27.9 Å². The number of nitrogens with zero attached hydrogens (tertiary/aromatic N) is 2. The fraction of sp³-hybridized carbons (Fsp3) is 0.120. The molecule has 0 unspecified atom stereocenters. The van der Waals surface area contributed by atoms with Crippen LogP contribution in [0.1, 0.15) is 11.1 Å². The quantitative estimate of drug-likeness (QED) is 0.145. The van der Waals surface area contributed by atoms with Gasteiger partial charge in [-0.1, -0.05) is 40.2 Å². The molecule has 0 spiro atoms. The number of ether oxygens (including phenoxy) is 1. The summed E-state index contributed by atoms with van der Waals surface area (Å²) < 4.78 is 72.8. The second-order valence-corrected chi connectivity index (χ2v) is 11.4. The molecule has 0 saturated carbocycles. The van der Waals surface area contributed by atoms with Crippen LogP contribution in [0.15, 0.2) is 82.3 Å². The van der Waals surface area contributed by atoms with Gasteiger partial charge in [-0.3, -0.25) is 15.5 Å². The molecule has 0 aliphatic carbocycles. The van der Waals surface area contributed by atoms with Gasteiger partial charge in [0.1, 0.15) is 5.75 Å². The minimum Gasteiger partial charge on any atom is -0.497 e. The number of halogens is 4. The zero-order valence-corrected chi connectivity index (χ0v) is 22.9. The number of fused-ring (bicyclic) bond motifs is 1. The van der Waals surface area contributed by atoms with Crippen LogP contribution in [-0.2, 0) is 22.7 Å². The highest BCUT2D eigenvalue weighted by atomic mass is 79.9. The Kier molecular flexibility index (Phi) is 8.02. The number of nitrogens with two attached hydrogens (primary N) is 1. The second kappa shape index (κ2) is 10.9. The third-order valence-electron chi connectivity index (χ3n) is 5.70. The molecule has 4 rings (SSSR count). The minimum absolute atomic E-state index is 0.0825. The molecule has 3 N–H and O–H groups in total. The zero-order valence-electron chi connectivity index (χ0n) is 19.7. The largest absolute Gasteiger partial charge is 0.497 e. The smallest absolute Gasteiger partial charge is 0.416 e. The Bertz CT molecular complexity index is 1610. The molecule has 0 aliphatic rings. The molecule has 0 aliphatic heterocycles. The van der Waals surface area contributed by atoms with Crippen molar-refractivity contribution in [1.82, 2.24) is 9.29 Å². The molecular formula is C25H20BrF3N4O3S2. The van der Waals surface area contributed by atoms with Gasteiger partial charge < -0.3 is 4.74 Å². The third kappa shape index (κ3) is 5.65. The van der Waals surface area contributed by atoms with Crippen LogP contribution in [-0.4, -0.2) is 30.0 Å². The summed E-state index contributed by atoms with van der Waals surface area (Å²) in [4.78, 5) is 4.25. The average Bonchev–Trinajstić information content (AvgIpc) is 2.90. The summed E-state index contributed by atoms with van der Waals surface area (Å²) in [6, 6.07) is 16.0. The topological polar surface area (TPSA) is 109 Å². The highest BCUT2D eigenvalue weighted by Crippen LogP contribution is 2.38. The Morgan fingerprint density at radius 2 is 1.82 bits per heavy atom. The lowest BCUT2D eigenvalue weighted by molar-refractivity contribution is -0.137. The van der Waals surface area contributed by atoms with Crippen molar-refractivity contribution in [1.29, 1.82) is 5.41 Å². The van der Waals surface area contributed by atoms with E-state index in [1.165, 1.54) is 31.5 Å². The standard InChI is InChI=1S/C25H20BrF3N4O3S2/c1-36-18-5-2-15(3-6-18)14-33(24(30)37-31)38(34,35)19-7-9-20-16(12-19)10-11-32-23(20)21-8-4-17(13-22(21)26)25(27,28)29/h2-13,30H,14,31H2,1H3. The number of methoxy groups -OCH3 is 1. The molecule has 4 aromatic rings. The number of hydrogen-bond donors (Lipinski definition) is 2. The van der Waals surface area contributed by atoms with Crippen LogP contribution < -0.4 is 9.88 Å². The third-order valence-corrected chi connectivity index (χ3v) is 8.66. The van der Waals surface area contributed by atoms with Crippen molar-refractivity contribution < 1.29 is 26.3 Å². The lowest BCUT2D eigenvalue weighted by atomic mass is 10.0. The highest BCUT2D eigenvalue weighted by Gasteiger charge is 2.31. The Balaban J connectivity index is 1.74. The lowest BCUT2D eigenvalue weighted by Gasteiger charge is -2.24. The van der Waals surface area contributed by atoms with Crippen LogP contribution in [0.25, 0.3) is 22.0 Å². The average molecular weight is 625 g/mol. The predicted octanol–water partition coefficient (Wildman–Crippen LogP) is 6.42. The Labute approximate surface area is 229 Å². The number of pyridine rings is 1. The molecule has 7 nitrogen and oxygen atoms in total. The molecule has 0 radical (unpaired) electrons. The molecule has 38 heavy (non-hydrogen) atoms. The van der Waals surface area contributed by atoms with Crippen LogP contribution in [0.2, 0.25) is 0 Å². The number of alkyl halides is 3. The van der Waals surface area contributed by atoms with Crippen molar-refractivity contribution in [3.8, 4) is 17.0 Å². The van der Waals surface area contributed by atoms with E-state index >= 15 is 0 Å². The van der Waals surface area contributed by atoms with E-state index in [4.69, 9.17) is 15.3 Å². The Hall–Kier alpha value is -3.13. The summed E-state index contributed by atoms with van der Waals surface area (Å²) >= 11 is 3.70. The van der Waals surface area contributed by atoms with Gasteiger partial charge in [-0.05, 0) is 65.4 Å². The van der Waals surface area contributed by atoms with Gasteiger partial charge >= 0.3 is 6.18 Å². The molecule has 0 amide bonds. The van der Waals surface area contributed by atoms with E-state index in [2.05, 4.69) is 20.9 Å². The first-order chi connectivity index (χ1) is 18.0. The normalized spacial score (nSPS) is 11.9. The number of aromatic nitrogens is 1. The first kappa shape index (κ1) is 27.9. The number of rotatable bonds is 6. The summed E-state index contributed by atoms with van der Waals surface area (Å²) in [5.74, 6) is 0.602. The van der Waals surface area contributed by atoms with Crippen molar-refractivity contribution in [3.05, 3.63) is 88.5 Å². The summed E-state index contributed by atoms with van der Waals surface area (Å²) in [6.07, 6.45) is -3.05. The Morgan fingerprint density at radius 1 is 1.11 bits per heavy atom. The predicted molar refractivity (Wildman–Crippen MR) is 145 cm³/mol. The van der Waals surface area contributed by atoms with Gasteiger partial charge in [0.05, 0.1) is 29.8 Å².